The molecule has 0 heterocycles. The third-order valence-corrected chi connectivity index (χ3v) is 3.09. The van der Waals surface area contributed by atoms with Gasteiger partial charge in [0, 0.05) is 7.11 Å². The fourth-order valence-electron chi connectivity index (χ4n) is 2.10. The summed E-state index contributed by atoms with van der Waals surface area (Å²) in [6.07, 6.45) is 3.28. The molecule has 68 valence electrons. The molecule has 2 fully saturated rings. The molecule has 0 aliphatic heterocycles. The Morgan fingerprint density at radius 3 is 2.50 bits per heavy atom. The van der Waals surface area contributed by atoms with E-state index in [-0.39, 0.29) is 17.5 Å². The molecule has 3 heteroatoms. The molecule has 0 aromatic carbocycles. The zero-order valence-electron chi connectivity index (χ0n) is 7.50. The van der Waals surface area contributed by atoms with Crippen LogP contribution in [-0.2, 0) is 14.3 Å². The maximum atomic E-state index is 11.2. The monoisotopic (exact) mass is 170 g/mol. The third-order valence-electron chi connectivity index (χ3n) is 3.09. The van der Waals surface area contributed by atoms with Gasteiger partial charge in [0.1, 0.15) is 0 Å². The largest absolute Gasteiger partial charge is 0.469 e. The smallest absolute Gasteiger partial charge is 0.311 e. The van der Waals surface area contributed by atoms with Crippen LogP contribution in [0.2, 0.25) is 0 Å². The summed E-state index contributed by atoms with van der Waals surface area (Å²) < 4.78 is 10.1. The zero-order valence-corrected chi connectivity index (χ0v) is 7.50. The van der Waals surface area contributed by atoms with Crippen molar-refractivity contribution in [1.82, 2.24) is 0 Å². The Bertz CT molecular complexity index is 210. The number of carbonyl (C=O) groups is 1. The molecule has 3 nitrogen and oxygen atoms in total. The number of hydrogen-bond donors (Lipinski definition) is 0. The zero-order chi connectivity index (χ0) is 8.77. The summed E-state index contributed by atoms with van der Waals surface area (Å²) in [6, 6.07) is 0. The first-order valence-electron chi connectivity index (χ1n) is 4.37. The highest BCUT2D eigenvalue weighted by molar-refractivity contribution is 5.78. The molecule has 2 aliphatic rings. The lowest BCUT2D eigenvalue weighted by Crippen LogP contribution is -2.22. The van der Waals surface area contributed by atoms with E-state index in [0.29, 0.717) is 5.92 Å². The molecule has 0 saturated heterocycles. The Kier molecular flexibility index (Phi) is 1.65. The van der Waals surface area contributed by atoms with Crippen LogP contribution in [0.15, 0.2) is 0 Å². The number of methoxy groups -OCH3 is 2. The van der Waals surface area contributed by atoms with Gasteiger partial charge < -0.3 is 9.47 Å². The van der Waals surface area contributed by atoms with E-state index < -0.39 is 0 Å². The number of hydrogen-bond acceptors (Lipinski definition) is 3. The minimum atomic E-state index is -0.132. The number of rotatable bonds is 3. The minimum Gasteiger partial charge on any atom is -0.469 e. The van der Waals surface area contributed by atoms with Gasteiger partial charge in [0.05, 0.1) is 18.6 Å². The van der Waals surface area contributed by atoms with Gasteiger partial charge in [-0.1, -0.05) is 0 Å². The molecular formula is C9H14O3. The SMILES string of the molecule is COC(=O)[C@H]1C[C@@]1(OC)C1CC1. The van der Waals surface area contributed by atoms with Crippen LogP contribution in [0.5, 0.6) is 0 Å². The first kappa shape index (κ1) is 8.05. The lowest BCUT2D eigenvalue weighted by molar-refractivity contribution is -0.144. The average Bonchev–Trinajstić information content (AvgIpc) is 2.93. The Morgan fingerprint density at radius 1 is 1.42 bits per heavy atom. The fraction of sp³-hybridized carbons (Fsp3) is 0.889. The topological polar surface area (TPSA) is 35.5 Å². The average molecular weight is 170 g/mol. The van der Waals surface area contributed by atoms with Crippen molar-refractivity contribution >= 4 is 5.97 Å². The van der Waals surface area contributed by atoms with Gasteiger partial charge in [-0.3, -0.25) is 4.79 Å². The quantitative estimate of drug-likeness (QED) is 0.592. The van der Waals surface area contributed by atoms with Crippen LogP contribution in [0, 0.1) is 11.8 Å². The van der Waals surface area contributed by atoms with E-state index in [0.717, 1.165) is 6.42 Å². The van der Waals surface area contributed by atoms with Crippen LogP contribution in [0.25, 0.3) is 0 Å². The second kappa shape index (κ2) is 2.46. The van der Waals surface area contributed by atoms with E-state index in [4.69, 9.17) is 9.47 Å². The number of ether oxygens (including phenoxy) is 2. The molecule has 2 rings (SSSR count). The molecule has 0 amide bonds. The predicted molar refractivity (Wildman–Crippen MR) is 42.6 cm³/mol. The Balaban J connectivity index is 2.01. The Labute approximate surface area is 72.0 Å². The van der Waals surface area contributed by atoms with Crippen molar-refractivity contribution in [1.29, 1.82) is 0 Å². The molecule has 0 bridgehead atoms. The van der Waals surface area contributed by atoms with Crippen molar-refractivity contribution in [3.8, 4) is 0 Å². The molecule has 12 heavy (non-hydrogen) atoms. The molecule has 0 aromatic heterocycles. The van der Waals surface area contributed by atoms with E-state index in [1.807, 2.05) is 0 Å². The molecule has 0 aromatic rings. The van der Waals surface area contributed by atoms with Crippen molar-refractivity contribution < 1.29 is 14.3 Å². The summed E-state index contributed by atoms with van der Waals surface area (Å²) in [4.78, 5) is 11.2. The fourth-order valence-corrected chi connectivity index (χ4v) is 2.10. The molecule has 2 saturated carbocycles. The van der Waals surface area contributed by atoms with E-state index >= 15 is 0 Å². The molecule has 2 atom stereocenters. The number of carbonyl (C=O) groups excluding carboxylic acids is 1. The van der Waals surface area contributed by atoms with Gasteiger partial charge in [-0.15, -0.1) is 0 Å². The first-order chi connectivity index (χ1) is 5.74. The van der Waals surface area contributed by atoms with Crippen LogP contribution in [0.1, 0.15) is 19.3 Å². The highest BCUT2D eigenvalue weighted by atomic mass is 16.5. The van der Waals surface area contributed by atoms with E-state index in [2.05, 4.69) is 0 Å². The van der Waals surface area contributed by atoms with Gasteiger partial charge in [-0.05, 0) is 25.2 Å². The standard InChI is InChI=1S/C9H14O3/c1-11-8(10)7-5-9(7,12-2)6-3-4-6/h6-7H,3-5H2,1-2H3/t7-,9-/m1/s1. The third kappa shape index (κ3) is 0.959. The molecule has 0 unspecified atom stereocenters. The summed E-state index contributed by atoms with van der Waals surface area (Å²) in [5, 5.41) is 0. The lowest BCUT2D eigenvalue weighted by Gasteiger charge is -2.13. The molecule has 0 spiro atoms. The van der Waals surface area contributed by atoms with Crippen LogP contribution in [-0.4, -0.2) is 25.8 Å². The van der Waals surface area contributed by atoms with Crippen molar-refractivity contribution in [3.63, 3.8) is 0 Å². The van der Waals surface area contributed by atoms with Gasteiger partial charge in [0.25, 0.3) is 0 Å². The summed E-state index contributed by atoms with van der Waals surface area (Å²) in [5.74, 6) is 0.523. The maximum Gasteiger partial charge on any atom is 0.311 e. The van der Waals surface area contributed by atoms with E-state index in [1.165, 1.54) is 20.0 Å². The van der Waals surface area contributed by atoms with Crippen molar-refractivity contribution in [2.24, 2.45) is 11.8 Å². The van der Waals surface area contributed by atoms with Crippen molar-refractivity contribution in [2.75, 3.05) is 14.2 Å². The highest BCUT2D eigenvalue weighted by Gasteiger charge is 2.66. The van der Waals surface area contributed by atoms with E-state index in [1.54, 1.807) is 7.11 Å². The Hall–Kier alpha value is -0.570. The Morgan fingerprint density at radius 2 is 2.08 bits per heavy atom. The number of esters is 1. The van der Waals surface area contributed by atoms with Crippen molar-refractivity contribution in [2.45, 2.75) is 24.9 Å². The molecular weight excluding hydrogens is 156 g/mol. The summed E-state index contributed by atoms with van der Waals surface area (Å²) >= 11 is 0. The van der Waals surface area contributed by atoms with Gasteiger partial charge in [0.2, 0.25) is 0 Å². The summed E-state index contributed by atoms with van der Waals surface area (Å²) in [5.41, 5.74) is -0.132. The van der Waals surface area contributed by atoms with Crippen LogP contribution in [0.4, 0.5) is 0 Å². The molecule has 0 radical (unpaired) electrons. The van der Waals surface area contributed by atoms with Crippen LogP contribution < -0.4 is 0 Å². The van der Waals surface area contributed by atoms with Gasteiger partial charge in [-0.25, -0.2) is 0 Å². The van der Waals surface area contributed by atoms with Gasteiger partial charge >= 0.3 is 5.97 Å². The van der Waals surface area contributed by atoms with Crippen molar-refractivity contribution in [3.05, 3.63) is 0 Å². The highest BCUT2D eigenvalue weighted by Crippen LogP contribution is 2.60. The van der Waals surface area contributed by atoms with Crippen LogP contribution >= 0.6 is 0 Å². The van der Waals surface area contributed by atoms with Gasteiger partial charge in [0.15, 0.2) is 0 Å². The van der Waals surface area contributed by atoms with Crippen LogP contribution in [0.3, 0.4) is 0 Å². The molecule has 0 N–H and O–H groups in total. The normalized spacial score (nSPS) is 39.3. The van der Waals surface area contributed by atoms with Gasteiger partial charge in [-0.2, -0.15) is 0 Å². The second-order valence-electron chi connectivity index (χ2n) is 3.71. The minimum absolute atomic E-state index is 0.0139. The lowest BCUT2D eigenvalue weighted by atomic mass is 10.1. The maximum absolute atomic E-state index is 11.2. The first-order valence-corrected chi connectivity index (χ1v) is 4.37. The summed E-state index contributed by atoms with van der Waals surface area (Å²) in [7, 11) is 3.13. The summed E-state index contributed by atoms with van der Waals surface area (Å²) in [6.45, 7) is 0. The molecule has 2 aliphatic carbocycles. The second-order valence-corrected chi connectivity index (χ2v) is 3.71. The van der Waals surface area contributed by atoms with E-state index in [9.17, 15) is 4.79 Å². The predicted octanol–water partition coefficient (Wildman–Crippen LogP) is 0.974.